The predicted octanol–water partition coefficient (Wildman–Crippen LogP) is 2.60. The maximum absolute atomic E-state index is 12.4. The first-order valence-corrected chi connectivity index (χ1v) is 7.29. The Labute approximate surface area is 128 Å². The summed E-state index contributed by atoms with van der Waals surface area (Å²) in [6.45, 7) is 7.57. The third-order valence-corrected chi connectivity index (χ3v) is 4.43. The lowest BCUT2D eigenvalue weighted by molar-refractivity contribution is 0.00578. The van der Waals surface area contributed by atoms with Crippen molar-refractivity contribution in [2.45, 2.75) is 51.9 Å². The molecule has 0 aliphatic carbocycles. The lowest BCUT2D eigenvalue weighted by Crippen LogP contribution is -2.41. The maximum atomic E-state index is 12.4. The van der Waals surface area contributed by atoms with Crippen molar-refractivity contribution in [2.75, 3.05) is 0 Å². The van der Waals surface area contributed by atoms with E-state index in [1.165, 1.54) is 4.68 Å². The molecule has 0 amide bonds. The van der Waals surface area contributed by atoms with Gasteiger partial charge < -0.3 is 9.31 Å². The average Bonchev–Trinajstić information content (AvgIpc) is 2.85. The van der Waals surface area contributed by atoms with Crippen LogP contribution in [0.4, 0.5) is 8.78 Å². The molecule has 1 aromatic heterocycles. The molecule has 2 heterocycles. The number of nitrogens with zero attached hydrogens (tertiary/aromatic N) is 2. The highest BCUT2D eigenvalue weighted by Crippen LogP contribution is 2.36. The lowest BCUT2D eigenvalue weighted by Gasteiger charge is -2.32. The highest BCUT2D eigenvalue weighted by molar-refractivity contribution is 6.62. The van der Waals surface area contributed by atoms with Crippen molar-refractivity contribution in [1.82, 2.24) is 9.78 Å². The number of hydrogen-bond donors (Lipinski definition) is 0. The first-order valence-electron chi connectivity index (χ1n) is 7.29. The van der Waals surface area contributed by atoms with Crippen LogP contribution in [0.5, 0.6) is 0 Å². The SMILES string of the molecule is CC1(C)OB(c2ccc3nn(CC(F)F)cc3c2)OC1(C)C. The number of fused-ring (bicyclic) bond motifs is 1. The Morgan fingerprint density at radius 3 is 2.41 bits per heavy atom. The van der Waals surface area contributed by atoms with Crippen LogP contribution in [0.3, 0.4) is 0 Å². The van der Waals surface area contributed by atoms with Crippen LogP contribution in [0.1, 0.15) is 27.7 Å². The summed E-state index contributed by atoms with van der Waals surface area (Å²) < 4.78 is 38.2. The van der Waals surface area contributed by atoms with Gasteiger partial charge in [0.2, 0.25) is 0 Å². The van der Waals surface area contributed by atoms with E-state index in [0.717, 1.165) is 10.8 Å². The van der Waals surface area contributed by atoms with Gasteiger partial charge in [-0.3, -0.25) is 4.68 Å². The second-order valence-electron chi connectivity index (χ2n) is 6.65. The van der Waals surface area contributed by atoms with E-state index in [9.17, 15) is 8.78 Å². The van der Waals surface area contributed by atoms with Gasteiger partial charge in [-0.1, -0.05) is 12.1 Å². The lowest BCUT2D eigenvalue weighted by atomic mass is 9.79. The number of hydrogen-bond acceptors (Lipinski definition) is 3. The van der Waals surface area contributed by atoms with Gasteiger partial charge in [0.25, 0.3) is 6.43 Å². The third kappa shape index (κ3) is 2.63. The molecule has 0 spiro atoms. The van der Waals surface area contributed by atoms with E-state index in [1.807, 2.05) is 39.8 Å². The van der Waals surface area contributed by atoms with Crippen molar-refractivity contribution in [3.05, 3.63) is 24.4 Å². The normalized spacial score (nSPS) is 20.2. The van der Waals surface area contributed by atoms with Gasteiger partial charge >= 0.3 is 7.12 Å². The summed E-state index contributed by atoms with van der Waals surface area (Å²) >= 11 is 0. The van der Waals surface area contributed by atoms with Gasteiger partial charge in [0, 0.05) is 11.6 Å². The Bertz CT molecular complexity index is 684. The van der Waals surface area contributed by atoms with E-state index in [-0.39, 0.29) is 0 Å². The van der Waals surface area contributed by atoms with Gasteiger partial charge in [0.1, 0.15) is 6.54 Å². The number of benzene rings is 1. The smallest absolute Gasteiger partial charge is 0.399 e. The first kappa shape index (κ1) is 15.4. The van der Waals surface area contributed by atoms with E-state index in [4.69, 9.17) is 9.31 Å². The van der Waals surface area contributed by atoms with E-state index < -0.39 is 31.3 Å². The van der Waals surface area contributed by atoms with Gasteiger partial charge in [-0.2, -0.15) is 5.10 Å². The fourth-order valence-corrected chi connectivity index (χ4v) is 2.46. The number of halogens is 2. The van der Waals surface area contributed by atoms with Crippen LogP contribution in [-0.2, 0) is 15.9 Å². The monoisotopic (exact) mass is 308 g/mol. The molecule has 1 aromatic carbocycles. The molecule has 0 radical (unpaired) electrons. The van der Waals surface area contributed by atoms with Crippen LogP contribution < -0.4 is 5.46 Å². The highest BCUT2D eigenvalue weighted by Gasteiger charge is 2.51. The Morgan fingerprint density at radius 1 is 1.18 bits per heavy atom. The molecule has 0 unspecified atom stereocenters. The Kier molecular flexibility index (Phi) is 3.53. The van der Waals surface area contributed by atoms with E-state index in [2.05, 4.69) is 5.10 Å². The number of rotatable bonds is 3. The van der Waals surface area contributed by atoms with Crippen LogP contribution in [-0.4, -0.2) is 34.5 Å². The minimum absolute atomic E-state index is 0.402. The molecule has 7 heteroatoms. The van der Waals surface area contributed by atoms with Gasteiger partial charge in [0.15, 0.2) is 0 Å². The van der Waals surface area contributed by atoms with Gasteiger partial charge in [-0.05, 0) is 39.2 Å². The summed E-state index contributed by atoms with van der Waals surface area (Å²) in [5, 5.41) is 4.93. The molecule has 0 N–H and O–H groups in total. The number of alkyl halides is 2. The molecular formula is C15H19BF2N2O2. The molecule has 0 atom stereocenters. The van der Waals surface area contributed by atoms with Crippen molar-refractivity contribution < 1.29 is 18.1 Å². The van der Waals surface area contributed by atoms with Crippen molar-refractivity contribution in [3.63, 3.8) is 0 Å². The third-order valence-electron chi connectivity index (χ3n) is 4.43. The van der Waals surface area contributed by atoms with Gasteiger partial charge in [-0.15, -0.1) is 0 Å². The van der Waals surface area contributed by atoms with Crippen LogP contribution in [0.15, 0.2) is 24.4 Å². The fourth-order valence-electron chi connectivity index (χ4n) is 2.46. The summed E-state index contributed by atoms with van der Waals surface area (Å²) in [6.07, 6.45) is -0.798. The first-order chi connectivity index (χ1) is 10.2. The summed E-state index contributed by atoms with van der Waals surface area (Å²) in [5.41, 5.74) is 0.725. The molecule has 0 bridgehead atoms. The van der Waals surface area contributed by atoms with Crippen LogP contribution in [0.25, 0.3) is 10.9 Å². The fraction of sp³-hybridized carbons (Fsp3) is 0.533. The largest absolute Gasteiger partial charge is 0.494 e. The van der Waals surface area contributed by atoms with Crippen LogP contribution in [0.2, 0.25) is 0 Å². The number of aromatic nitrogens is 2. The molecular weight excluding hydrogens is 289 g/mol. The van der Waals surface area contributed by atoms with Crippen molar-refractivity contribution in [2.24, 2.45) is 0 Å². The minimum atomic E-state index is -2.42. The standard InChI is InChI=1S/C15H19BF2N2O2/c1-14(2)15(3,4)22-16(21-14)11-5-6-12-10(7-11)8-20(19-12)9-13(17)18/h5-8,13H,9H2,1-4H3. The molecule has 4 nitrogen and oxygen atoms in total. The van der Waals surface area contributed by atoms with E-state index in [0.29, 0.717) is 5.52 Å². The van der Waals surface area contributed by atoms with Crippen LogP contribution >= 0.6 is 0 Å². The predicted molar refractivity (Wildman–Crippen MR) is 81.5 cm³/mol. The Balaban J connectivity index is 1.90. The zero-order valence-electron chi connectivity index (χ0n) is 13.1. The van der Waals surface area contributed by atoms with E-state index >= 15 is 0 Å². The molecule has 1 aliphatic rings. The zero-order chi connectivity index (χ0) is 16.1. The van der Waals surface area contributed by atoms with E-state index in [1.54, 1.807) is 12.3 Å². The average molecular weight is 308 g/mol. The van der Waals surface area contributed by atoms with Crippen molar-refractivity contribution in [1.29, 1.82) is 0 Å². The highest BCUT2D eigenvalue weighted by atomic mass is 19.3. The van der Waals surface area contributed by atoms with Crippen molar-refractivity contribution in [3.8, 4) is 0 Å². The molecule has 22 heavy (non-hydrogen) atoms. The molecule has 3 rings (SSSR count). The second-order valence-corrected chi connectivity index (χ2v) is 6.65. The molecule has 1 fully saturated rings. The molecule has 0 saturated carbocycles. The van der Waals surface area contributed by atoms with Crippen LogP contribution in [0, 0.1) is 0 Å². The molecule has 2 aromatic rings. The van der Waals surface area contributed by atoms with Gasteiger partial charge in [0.05, 0.1) is 16.7 Å². The minimum Gasteiger partial charge on any atom is -0.399 e. The molecule has 118 valence electrons. The molecule has 1 aliphatic heterocycles. The van der Waals surface area contributed by atoms with Crippen molar-refractivity contribution >= 4 is 23.5 Å². The quantitative estimate of drug-likeness (QED) is 0.818. The summed E-state index contributed by atoms with van der Waals surface area (Å²) in [7, 11) is -0.465. The molecule has 1 saturated heterocycles. The Morgan fingerprint density at radius 2 is 1.82 bits per heavy atom. The van der Waals surface area contributed by atoms with Gasteiger partial charge in [-0.25, -0.2) is 8.78 Å². The topological polar surface area (TPSA) is 36.3 Å². The summed E-state index contributed by atoms with van der Waals surface area (Å²) in [5.74, 6) is 0. The maximum Gasteiger partial charge on any atom is 0.494 e. The summed E-state index contributed by atoms with van der Waals surface area (Å²) in [4.78, 5) is 0. The summed E-state index contributed by atoms with van der Waals surface area (Å²) in [6, 6.07) is 5.55. The second kappa shape index (κ2) is 5.03. The zero-order valence-corrected chi connectivity index (χ0v) is 13.1. The Hall–Kier alpha value is -1.47.